The molecule has 178 valence electrons. The molecule has 34 heavy (non-hydrogen) atoms. The van der Waals surface area contributed by atoms with Crippen molar-refractivity contribution in [3.63, 3.8) is 0 Å². The fraction of sp³-hybridized carbons (Fsp3) is 0.444. The number of piperidine rings is 1. The number of benzene rings is 2. The van der Waals surface area contributed by atoms with Gasteiger partial charge in [0.05, 0.1) is 11.7 Å². The molecule has 0 unspecified atom stereocenters. The number of anilines is 2. The largest absolute Gasteiger partial charge is 0.372 e. The molecule has 1 aliphatic heterocycles. The topological polar surface area (TPSA) is 72.2 Å². The van der Waals surface area contributed by atoms with E-state index in [0.717, 1.165) is 55.8 Å². The summed E-state index contributed by atoms with van der Waals surface area (Å²) in [5.41, 5.74) is 5.59. The van der Waals surface area contributed by atoms with Gasteiger partial charge in [0.25, 0.3) is 0 Å². The molecule has 2 aromatic carbocycles. The first-order chi connectivity index (χ1) is 16.5. The molecule has 2 aliphatic rings. The summed E-state index contributed by atoms with van der Waals surface area (Å²) in [4.78, 5) is 27.5. The van der Waals surface area contributed by atoms with Crippen LogP contribution < -0.4 is 15.9 Å². The number of amides is 1. The second-order valence-corrected chi connectivity index (χ2v) is 9.86. The Kier molecular flexibility index (Phi) is 6.26. The van der Waals surface area contributed by atoms with Gasteiger partial charge in [-0.25, -0.2) is 14.0 Å². The number of aromatic nitrogens is 3. The van der Waals surface area contributed by atoms with Crippen molar-refractivity contribution in [1.29, 1.82) is 0 Å². The molecule has 1 N–H and O–H groups in total. The van der Waals surface area contributed by atoms with E-state index in [-0.39, 0.29) is 17.6 Å². The van der Waals surface area contributed by atoms with Crippen molar-refractivity contribution in [3.05, 3.63) is 70.4 Å². The first kappa shape index (κ1) is 22.4. The van der Waals surface area contributed by atoms with Crippen LogP contribution in [0.4, 0.5) is 11.4 Å². The van der Waals surface area contributed by atoms with Gasteiger partial charge >= 0.3 is 5.69 Å². The Bertz CT molecular complexity index is 1220. The monoisotopic (exact) mass is 459 g/mol. The molecule has 5 rings (SSSR count). The van der Waals surface area contributed by atoms with Crippen LogP contribution >= 0.6 is 0 Å². The van der Waals surface area contributed by atoms with Gasteiger partial charge < -0.3 is 10.2 Å². The van der Waals surface area contributed by atoms with Crippen molar-refractivity contribution in [1.82, 2.24) is 14.3 Å². The number of rotatable bonds is 6. The quantitative estimate of drug-likeness (QED) is 0.595. The summed E-state index contributed by atoms with van der Waals surface area (Å²) in [6.45, 7) is 5.76. The highest BCUT2D eigenvalue weighted by Gasteiger charge is 2.22. The van der Waals surface area contributed by atoms with Crippen LogP contribution in [0.2, 0.25) is 0 Å². The van der Waals surface area contributed by atoms with Crippen LogP contribution in [0, 0.1) is 5.92 Å². The third-order valence-electron chi connectivity index (χ3n) is 7.15. The Morgan fingerprint density at radius 1 is 1.03 bits per heavy atom. The Labute approximate surface area is 200 Å². The van der Waals surface area contributed by atoms with Crippen LogP contribution in [0.15, 0.2) is 53.6 Å². The van der Waals surface area contributed by atoms with E-state index in [2.05, 4.69) is 39.6 Å². The molecule has 1 fully saturated rings. The molecule has 1 amide bonds. The number of hydrogen-bond acceptors (Lipinski definition) is 4. The van der Waals surface area contributed by atoms with E-state index in [1.54, 1.807) is 10.9 Å². The van der Waals surface area contributed by atoms with E-state index in [9.17, 15) is 9.59 Å². The van der Waals surface area contributed by atoms with Crippen LogP contribution in [0.25, 0.3) is 5.69 Å². The van der Waals surface area contributed by atoms with Crippen LogP contribution in [-0.2, 0) is 17.6 Å². The number of nitrogens with zero attached hydrogens (tertiary/aromatic N) is 4. The highest BCUT2D eigenvalue weighted by atomic mass is 16.2. The van der Waals surface area contributed by atoms with Gasteiger partial charge in [0.1, 0.15) is 6.33 Å². The number of carbonyl (C=O) groups excluding carboxylic acids is 1. The Hall–Kier alpha value is -3.35. The number of aryl methyl sites for hydroxylation is 2. The third-order valence-corrected chi connectivity index (χ3v) is 7.15. The zero-order valence-electron chi connectivity index (χ0n) is 20.0. The lowest BCUT2D eigenvalue weighted by Crippen LogP contribution is -2.35. The summed E-state index contributed by atoms with van der Waals surface area (Å²) < 4.78 is 3.06. The van der Waals surface area contributed by atoms with Crippen LogP contribution in [0.1, 0.15) is 56.7 Å². The summed E-state index contributed by atoms with van der Waals surface area (Å²) in [5.74, 6) is 0.526. The average molecular weight is 460 g/mol. The van der Waals surface area contributed by atoms with Crippen molar-refractivity contribution in [3.8, 4) is 5.69 Å². The maximum atomic E-state index is 12.6. The lowest BCUT2D eigenvalue weighted by Gasteiger charge is -2.33. The highest BCUT2D eigenvalue weighted by molar-refractivity contribution is 5.91. The molecule has 3 aromatic rings. The highest BCUT2D eigenvalue weighted by Crippen LogP contribution is 2.28. The van der Waals surface area contributed by atoms with Crippen LogP contribution in [0.5, 0.6) is 0 Å². The van der Waals surface area contributed by atoms with Crippen LogP contribution in [0.3, 0.4) is 0 Å². The summed E-state index contributed by atoms with van der Waals surface area (Å²) in [6.07, 6.45) is 7.65. The summed E-state index contributed by atoms with van der Waals surface area (Å²) in [5, 5.41) is 7.31. The summed E-state index contributed by atoms with van der Waals surface area (Å²) in [6, 6.07) is 14.5. The minimum atomic E-state index is -0.123. The van der Waals surface area contributed by atoms with E-state index in [4.69, 9.17) is 0 Å². The summed E-state index contributed by atoms with van der Waals surface area (Å²) in [7, 11) is 0. The standard InChI is InChI=1S/C27H33N5O2/c1-19(2)32-27(34)31(18-28-32)25-10-8-24(9-11-25)30-14-12-20(13-15-30)16-26(33)29-23-7-6-21-4-3-5-22(21)17-23/h6-11,17-20H,3-5,12-16H2,1-2H3,(H,29,33). The molecule has 1 aliphatic carbocycles. The molecule has 0 spiro atoms. The van der Waals surface area contributed by atoms with Crippen molar-refractivity contribution >= 4 is 17.3 Å². The van der Waals surface area contributed by atoms with Gasteiger partial charge in [-0.2, -0.15) is 5.10 Å². The molecular weight excluding hydrogens is 426 g/mol. The molecular formula is C27H33N5O2. The third kappa shape index (κ3) is 4.65. The molecule has 1 aromatic heterocycles. The minimum Gasteiger partial charge on any atom is -0.372 e. The predicted molar refractivity (Wildman–Crippen MR) is 135 cm³/mol. The number of nitrogens with one attached hydrogen (secondary N) is 1. The van der Waals surface area contributed by atoms with Gasteiger partial charge in [-0.05, 0) is 99.4 Å². The number of carbonyl (C=O) groups is 1. The zero-order valence-corrected chi connectivity index (χ0v) is 20.0. The molecule has 7 nitrogen and oxygen atoms in total. The number of fused-ring (bicyclic) bond motifs is 1. The van der Waals surface area contributed by atoms with Crippen molar-refractivity contribution < 1.29 is 4.79 Å². The molecule has 0 radical (unpaired) electrons. The normalized spacial score (nSPS) is 16.1. The van der Waals surface area contributed by atoms with E-state index in [1.807, 2.05) is 32.0 Å². The molecule has 0 bridgehead atoms. The predicted octanol–water partition coefficient (Wildman–Crippen LogP) is 4.35. The smallest absolute Gasteiger partial charge is 0.350 e. The Morgan fingerprint density at radius 3 is 2.44 bits per heavy atom. The molecule has 1 saturated heterocycles. The zero-order chi connectivity index (χ0) is 23.7. The molecule has 0 atom stereocenters. The second kappa shape index (κ2) is 9.49. The summed E-state index contributed by atoms with van der Waals surface area (Å²) >= 11 is 0. The number of hydrogen-bond donors (Lipinski definition) is 1. The lowest BCUT2D eigenvalue weighted by molar-refractivity contribution is -0.117. The molecule has 0 saturated carbocycles. The maximum Gasteiger partial charge on any atom is 0.350 e. The van der Waals surface area contributed by atoms with Crippen LogP contribution in [-0.4, -0.2) is 33.3 Å². The van der Waals surface area contributed by atoms with E-state index < -0.39 is 0 Å². The SMILES string of the molecule is CC(C)n1ncn(-c2ccc(N3CCC(CC(=O)Nc4ccc5c(c4)CCC5)CC3)cc2)c1=O. The van der Waals surface area contributed by atoms with Crippen molar-refractivity contribution in [2.75, 3.05) is 23.3 Å². The second-order valence-electron chi connectivity index (χ2n) is 9.86. The van der Waals surface area contributed by atoms with Gasteiger partial charge in [0, 0.05) is 30.9 Å². The van der Waals surface area contributed by atoms with Gasteiger partial charge in [0.15, 0.2) is 0 Å². The van der Waals surface area contributed by atoms with E-state index in [0.29, 0.717) is 12.3 Å². The maximum absolute atomic E-state index is 12.6. The Morgan fingerprint density at radius 2 is 1.74 bits per heavy atom. The van der Waals surface area contributed by atoms with Gasteiger partial charge in [-0.15, -0.1) is 0 Å². The molecule has 7 heteroatoms. The first-order valence-electron chi connectivity index (χ1n) is 12.4. The van der Waals surface area contributed by atoms with E-state index >= 15 is 0 Å². The average Bonchev–Trinajstić information content (AvgIpc) is 3.46. The fourth-order valence-electron chi connectivity index (χ4n) is 5.19. The van der Waals surface area contributed by atoms with Crippen molar-refractivity contribution in [2.45, 2.75) is 58.4 Å². The van der Waals surface area contributed by atoms with E-state index in [1.165, 1.54) is 22.2 Å². The van der Waals surface area contributed by atoms with Gasteiger partial charge in [0.2, 0.25) is 5.91 Å². The first-order valence-corrected chi connectivity index (χ1v) is 12.4. The fourth-order valence-corrected chi connectivity index (χ4v) is 5.19. The van der Waals surface area contributed by atoms with Gasteiger partial charge in [-0.3, -0.25) is 4.79 Å². The lowest BCUT2D eigenvalue weighted by atomic mass is 9.93. The minimum absolute atomic E-state index is 0.0322. The Balaban J connectivity index is 1.14. The molecule has 2 heterocycles. The van der Waals surface area contributed by atoms with Gasteiger partial charge in [-0.1, -0.05) is 6.07 Å². The van der Waals surface area contributed by atoms with Crippen molar-refractivity contribution in [2.24, 2.45) is 5.92 Å².